The van der Waals surface area contributed by atoms with Gasteiger partial charge in [-0.3, -0.25) is 14.2 Å². The third kappa shape index (κ3) is 5.50. The molecule has 0 unspecified atom stereocenters. The van der Waals surface area contributed by atoms with Crippen LogP contribution in [0.5, 0.6) is 0 Å². The minimum absolute atomic E-state index is 0.0202. The zero-order valence-corrected chi connectivity index (χ0v) is 18.4. The maximum Gasteiger partial charge on any atom is 0.254 e. The van der Waals surface area contributed by atoms with E-state index in [1.807, 2.05) is 18.2 Å². The number of benzene rings is 1. The summed E-state index contributed by atoms with van der Waals surface area (Å²) in [7, 11) is 0. The van der Waals surface area contributed by atoms with Gasteiger partial charge in [-0.1, -0.05) is 48.7 Å². The van der Waals surface area contributed by atoms with Gasteiger partial charge in [-0.15, -0.1) is 0 Å². The van der Waals surface area contributed by atoms with Gasteiger partial charge in [0, 0.05) is 35.1 Å². The molecular formula is C24H26ClN3O3. The molecule has 1 aliphatic carbocycles. The Hall–Kier alpha value is -2.73. The molecule has 6 nitrogen and oxygen atoms in total. The first kappa shape index (κ1) is 21.5. The van der Waals surface area contributed by atoms with Crippen molar-refractivity contribution in [3.63, 3.8) is 0 Å². The summed E-state index contributed by atoms with van der Waals surface area (Å²) in [6, 6.07) is 10.6. The summed E-state index contributed by atoms with van der Waals surface area (Å²) in [6.07, 6.45) is 6.04. The van der Waals surface area contributed by atoms with E-state index in [9.17, 15) is 9.59 Å². The summed E-state index contributed by atoms with van der Waals surface area (Å²) in [5, 5.41) is 4.69. The fraction of sp³-hybridized carbons (Fsp3) is 0.417. The molecule has 0 aliphatic heterocycles. The quantitative estimate of drug-likeness (QED) is 0.416. The van der Waals surface area contributed by atoms with Crippen molar-refractivity contribution in [2.75, 3.05) is 0 Å². The van der Waals surface area contributed by atoms with E-state index in [1.54, 1.807) is 12.1 Å². The first-order chi connectivity index (χ1) is 15.0. The summed E-state index contributed by atoms with van der Waals surface area (Å²) in [6.45, 7) is 2.11. The van der Waals surface area contributed by atoms with Crippen LogP contribution in [0.25, 0.3) is 11.3 Å². The lowest BCUT2D eigenvalue weighted by Crippen LogP contribution is -2.29. The maximum atomic E-state index is 12.9. The second-order valence-electron chi connectivity index (χ2n) is 8.15. The van der Waals surface area contributed by atoms with E-state index in [4.69, 9.17) is 21.1 Å². The number of halogens is 1. The average Bonchev–Trinajstić information content (AvgIpc) is 3.50. The zero-order chi connectivity index (χ0) is 21.8. The summed E-state index contributed by atoms with van der Waals surface area (Å²) < 4.78 is 6.81. The number of rotatable bonds is 10. The number of aryl methyl sites for hydroxylation is 1. The molecule has 0 radical (unpaired) electrons. The van der Waals surface area contributed by atoms with E-state index in [1.165, 1.54) is 10.6 Å². The molecule has 1 aliphatic rings. The van der Waals surface area contributed by atoms with Crippen molar-refractivity contribution in [3.8, 4) is 11.3 Å². The van der Waals surface area contributed by atoms with Gasteiger partial charge in [0.1, 0.15) is 11.6 Å². The first-order valence-corrected chi connectivity index (χ1v) is 11.2. The van der Waals surface area contributed by atoms with Crippen LogP contribution in [0, 0.1) is 0 Å². The highest BCUT2D eigenvalue weighted by atomic mass is 35.5. The molecule has 0 N–H and O–H groups in total. The molecule has 0 bridgehead atoms. The molecule has 0 amide bonds. The highest BCUT2D eigenvalue weighted by Crippen LogP contribution is 2.39. The number of carbonyl (C=O) groups is 1. The average molecular weight is 440 g/mol. The fourth-order valence-electron chi connectivity index (χ4n) is 3.63. The lowest BCUT2D eigenvalue weighted by molar-refractivity contribution is -0.119. The van der Waals surface area contributed by atoms with Gasteiger partial charge in [0.05, 0.1) is 24.4 Å². The highest BCUT2D eigenvalue weighted by molar-refractivity contribution is 6.30. The molecule has 7 heteroatoms. The lowest BCUT2D eigenvalue weighted by atomic mass is 10.1. The standard InChI is InChI=1S/C24H26ClN3O3/c1-2-3-4-5-23-26-21(16-8-10-18(25)11-9-16)14-24(30)28(23)15-19(29)12-20-13-22(27-31-20)17-6-7-17/h8-11,13-14,17H,2-7,12,15H2,1H3. The van der Waals surface area contributed by atoms with E-state index in [0.717, 1.165) is 43.4 Å². The normalized spacial score (nSPS) is 13.5. The number of ketones is 1. The lowest BCUT2D eigenvalue weighted by Gasteiger charge is -2.13. The molecule has 0 saturated heterocycles. The third-order valence-corrected chi connectivity index (χ3v) is 5.76. The second kappa shape index (κ2) is 9.60. The number of aromatic nitrogens is 3. The van der Waals surface area contributed by atoms with Crippen LogP contribution in [0.2, 0.25) is 5.02 Å². The highest BCUT2D eigenvalue weighted by Gasteiger charge is 2.27. The third-order valence-electron chi connectivity index (χ3n) is 5.51. The molecule has 31 heavy (non-hydrogen) atoms. The van der Waals surface area contributed by atoms with Gasteiger partial charge in [-0.2, -0.15) is 0 Å². The van der Waals surface area contributed by atoms with Gasteiger partial charge in [-0.05, 0) is 31.4 Å². The van der Waals surface area contributed by atoms with Crippen molar-refractivity contribution in [2.24, 2.45) is 0 Å². The van der Waals surface area contributed by atoms with Crippen LogP contribution in [0.3, 0.4) is 0 Å². The van der Waals surface area contributed by atoms with Crippen molar-refractivity contribution in [1.29, 1.82) is 0 Å². The number of Topliss-reactive ketones (excluding diaryl/α,β-unsaturated/α-hetero) is 1. The molecule has 1 saturated carbocycles. The van der Waals surface area contributed by atoms with Gasteiger partial charge >= 0.3 is 0 Å². The van der Waals surface area contributed by atoms with Gasteiger partial charge in [0.15, 0.2) is 5.78 Å². The Bertz CT molecular complexity index is 1110. The Labute approximate surface area is 186 Å². The Balaban J connectivity index is 1.55. The van der Waals surface area contributed by atoms with E-state index >= 15 is 0 Å². The number of carbonyl (C=O) groups excluding carboxylic acids is 1. The van der Waals surface area contributed by atoms with E-state index in [-0.39, 0.29) is 24.3 Å². The van der Waals surface area contributed by atoms with Gasteiger partial charge in [0.2, 0.25) is 0 Å². The molecule has 2 aromatic heterocycles. The van der Waals surface area contributed by atoms with Crippen LogP contribution in [-0.2, 0) is 24.2 Å². The van der Waals surface area contributed by atoms with Gasteiger partial charge in [0.25, 0.3) is 5.56 Å². The summed E-state index contributed by atoms with van der Waals surface area (Å²) in [5.74, 6) is 1.57. The summed E-state index contributed by atoms with van der Waals surface area (Å²) in [4.78, 5) is 30.4. The Morgan fingerprint density at radius 3 is 2.68 bits per heavy atom. The van der Waals surface area contributed by atoms with E-state index in [2.05, 4.69) is 12.1 Å². The Kier molecular flexibility index (Phi) is 6.66. The van der Waals surface area contributed by atoms with E-state index < -0.39 is 0 Å². The monoisotopic (exact) mass is 439 g/mol. The molecule has 0 atom stereocenters. The van der Waals surface area contributed by atoms with Crippen molar-refractivity contribution >= 4 is 17.4 Å². The van der Waals surface area contributed by atoms with Crippen LogP contribution < -0.4 is 5.56 Å². The first-order valence-electron chi connectivity index (χ1n) is 10.9. The number of hydrogen-bond donors (Lipinski definition) is 0. The predicted octanol–water partition coefficient (Wildman–Crippen LogP) is 4.97. The maximum absolute atomic E-state index is 12.9. The molecule has 4 rings (SSSR count). The summed E-state index contributed by atoms with van der Waals surface area (Å²) in [5.41, 5.74) is 2.12. The predicted molar refractivity (Wildman–Crippen MR) is 119 cm³/mol. The van der Waals surface area contributed by atoms with Crippen molar-refractivity contribution in [1.82, 2.24) is 14.7 Å². The Morgan fingerprint density at radius 2 is 1.97 bits per heavy atom. The largest absolute Gasteiger partial charge is 0.361 e. The minimum Gasteiger partial charge on any atom is -0.361 e. The molecule has 162 valence electrons. The minimum atomic E-state index is -0.226. The molecule has 1 aromatic carbocycles. The van der Waals surface area contributed by atoms with Crippen molar-refractivity contribution in [3.05, 3.63) is 69.1 Å². The molecule has 1 fully saturated rings. The van der Waals surface area contributed by atoms with Crippen LogP contribution in [0.15, 0.2) is 45.7 Å². The van der Waals surface area contributed by atoms with Crippen LogP contribution in [-0.4, -0.2) is 20.5 Å². The van der Waals surface area contributed by atoms with Crippen molar-refractivity contribution in [2.45, 2.75) is 64.3 Å². The molecule has 0 spiro atoms. The summed E-state index contributed by atoms with van der Waals surface area (Å²) >= 11 is 5.98. The zero-order valence-electron chi connectivity index (χ0n) is 17.6. The smallest absolute Gasteiger partial charge is 0.254 e. The van der Waals surface area contributed by atoms with Gasteiger partial charge < -0.3 is 4.52 Å². The Morgan fingerprint density at radius 1 is 1.19 bits per heavy atom. The van der Waals surface area contributed by atoms with E-state index in [0.29, 0.717) is 34.6 Å². The number of nitrogens with zero attached hydrogens (tertiary/aromatic N) is 3. The SMILES string of the molecule is CCCCCc1nc(-c2ccc(Cl)cc2)cc(=O)n1CC(=O)Cc1cc(C2CC2)no1. The van der Waals surface area contributed by atoms with Crippen LogP contribution in [0.4, 0.5) is 0 Å². The molecule has 3 aromatic rings. The second-order valence-corrected chi connectivity index (χ2v) is 8.59. The number of hydrogen-bond acceptors (Lipinski definition) is 5. The molecule has 2 heterocycles. The van der Waals surface area contributed by atoms with Crippen molar-refractivity contribution < 1.29 is 9.32 Å². The van der Waals surface area contributed by atoms with Gasteiger partial charge in [-0.25, -0.2) is 4.98 Å². The number of unbranched alkanes of at least 4 members (excludes halogenated alkanes) is 2. The van der Waals surface area contributed by atoms with Crippen LogP contribution in [0.1, 0.15) is 62.2 Å². The topological polar surface area (TPSA) is 78.0 Å². The molecular weight excluding hydrogens is 414 g/mol. The fourth-order valence-corrected chi connectivity index (χ4v) is 3.75. The van der Waals surface area contributed by atoms with Crippen LogP contribution >= 0.6 is 11.6 Å².